The van der Waals surface area contributed by atoms with Crippen molar-refractivity contribution >= 4 is 33.7 Å². The molecule has 4 rings (SSSR count). The molecule has 0 aliphatic rings. The highest BCUT2D eigenvalue weighted by Crippen LogP contribution is 2.30. The van der Waals surface area contributed by atoms with Crippen LogP contribution >= 0.6 is 0 Å². The van der Waals surface area contributed by atoms with Gasteiger partial charge in [0.15, 0.2) is 5.82 Å². The maximum Gasteiger partial charge on any atom is 0.154 e. The summed E-state index contributed by atoms with van der Waals surface area (Å²) in [6.07, 6.45) is 6.29. The first-order chi connectivity index (χ1) is 14.6. The second-order valence-electron chi connectivity index (χ2n) is 9.22. The summed E-state index contributed by atoms with van der Waals surface area (Å²) in [6.45, 7) is 10.6. The van der Waals surface area contributed by atoms with Crippen LogP contribution in [0.3, 0.4) is 0 Å². The summed E-state index contributed by atoms with van der Waals surface area (Å²) >= 11 is 0. The summed E-state index contributed by atoms with van der Waals surface area (Å²) in [5, 5.41) is 1.14. The zero-order chi connectivity index (χ0) is 22.5. The second-order valence-corrected chi connectivity index (χ2v) is 9.22. The van der Waals surface area contributed by atoms with E-state index in [2.05, 4.69) is 47.2 Å². The van der Waals surface area contributed by atoms with Crippen molar-refractivity contribution in [3.8, 4) is 0 Å². The van der Waals surface area contributed by atoms with E-state index >= 15 is 0 Å². The number of nitrogens with two attached hydrogens (primary N) is 2. The molecule has 2 atom stereocenters. The standard InChI is InChI=1S/C22H29FN8/c1-12(13(2)30-10-15(23)17-19(25)26-11-27-21(17)30)6-7-16-28-18(24)14-8-9-31(20(14)29-16)22(3,4)5/h8-13H,6-7H2,1-5H3,(H2,24,28,29)(H2,25,26,27). The van der Waals surface area contributed by atoms with Crippen molar-refractivity contribution < 1.29 is 4.39 Å². The number of nitrogen functional groups attached to an aromatic ring is 2. The fraction of sp³-hybridized carbons (Fsp3) is 0.455. The summed E-state index contributed by atoms with van der Waals surface area (Å²) in [6, 6.07) is 1.96. The Morgan fingerprint density at radius 2 is 1.81 bits per heavy atom. The molecule has 4 N–H and O–H groups in total. The lowest BCUT2D eigenvalue weighted by Gasteiger charge is -2.23. The maximum atomic E-state index is 14.4. The van der Waals surface area contributed by atoms with E-state index in [9.17, 15) is 4.39 Å². The predicted octanol–water partition coefficient (Wildman–Crippen LogP) is 4.06. The molecule has 0 saturated carbocycles. The number of aryl methyl sites for hydroxylation is 1. The van der Waals surface area contributed by atoms with Gasteiger partial charge in [0.1, 0.15) is 35.1 Å². The molecule has 9 heteroatoms. The normalized spacial score (nSPS) is 14.4. The first-order valence-electron chi connectivity index (χ1n) is 10.5. The lowest BCUT2D eigenvalue weighted by Crippen LogP contribution is -2.21. The molecular formula is C22H29FN8. The zero-order valence-electron chi connectivity index (χ0n) is 18.6. The molecule has 0 aliphatic carbocycles. The summed E-state index contributed by atoms with van der Waals surface area (Å²) < 4.78 is 18.4. The average molecular weight is 425 g/mol. The lowest BCUT2D eigenvalue weighted by molar-refractivity contribution is 0.361. The van der Waals surface area contributed by atoms with E-state index in [0.29, 0.717) is 23.7 Å². The maximum absolute atomic E-state index is 14.4. The highest BCUT2D eigenvalue weighted by molar-refractivity contribution is 5.87. The molecule has 0 spiro atoms. The van der Waals surface area contributed by atoms with Crippen molar-refractivity contribution in [3.05, 3.63) is 36.4 Å². The number of nitrogens with zero attached hydrogens (tertiary/aromatic N) is 6. The Bertz CT molecular complexity index is 1250. The molecule has 164 valence electrons. The minimum Gasteiger partial charge on any atom is -0.383 e. The van der Waals surface area contributed by atoms with E-state index in [1.165, 1.54) is 12.5 Å². The van der Waals surface area contributed by atoms with E-state index in [0.717, 1.165) is 17.5 Å². The van der Waals surface area contributed by atoms with Crippen LogP contribution in [0.5, 0.6) is 0 Å². The second kappa shape index (κ2) is 7.47. The Balaban J connectivity index is 1.57. The first-order valence-corrected chi connectivity index (χ1v) is 10.5. The van der Waals surface area contributed by atoms with Gasteiger partial charge in [-0.2, -0.15) is 0 Å². The average Bonchev–Trinajstić information content (AvgIpc) is 3.28. The van der Waals surface area contributed by atoms with Crippen molar-refractivity contribution in [1.29, 1.82) is 0 Å². The third kappa shape index (κ3) is 3.68. The third-order valence-corrected chi connectivity index (χ3v) is 6.02. The quantitative estimate of drug-likeness (QED) is 0.499. The number of hydrogen-bond acceptors (Lipinski definition) is 6. The number of hydrogen-bond donors (Lipinski definition) is 2. The minimum absolute atomic E-state index is 0.000754. The molecule has 0 aromatic carbocycles. The van der Waals surface area contributed by atoms with E-state index < -0.39 is 5.82 Å². The summed E-state index contributed by atoms with van der Waals surface area (Å²) in [5.74, 6) is 1.16. The van der Waals surface area contributed by atoms with Crippen LogP contribution in [-0.2, 0) is 12.0 Å². The van der Waals surface area contributed by atoms with Crippen LogP contribution in [0.2, 0.25) is 0 Å². The molecule has 4 aromatic heterocycles. The van der Waals surface area contributed by atoms with Gasteiger partial charge in [-0.15, -0.1) is 0 Å². The molecule has 2 unspecified atom stereocenters. The van der Waals surface area contributed by atoms with Gasteiger partial charge in [0.05, 0.1) is 10.8 Å². The van der Waals surface area contributed by atoms with Crippen LogP contribution in [0.4, 0.5) is 16.0 Å². The Labute approximate surface area is 180 Å². The van der Waals surface area contributed by atoms with Crippen LogP contribution in [0.15, 0.2) is 24.8 Å². The number of aromatic nitrogens is 6. The highest BCUT2D eigenvalue weighted by Gasteiger charge is 2.22. The number of fused-ring (bicyclic) bond motifs is 2. The van der Waals surface area contributed by atoms with Gasteiger partial charge < -0.3 is 20.6 Å². The number of rotatable bonds is 5. The summed E-state index contributed by atoms with van der Waals surface area (Å²) in [5.41, 5.74) is 13.3. The van der Waals surface area contributed by atoms with Crippen LogP contribution in [0.1, 0.15) is 52.9 Å². The molecule has 4 aromatic rings. The van der Waals surface area contributed by atoms with Gasteiger partial charge in [0.25, 0.3) is 0 Å². The van der Waals surface area contributed by atoms with Crippen LogP contribution in [0, 0.1) is 11.7 Å². The van der Waals surface area contributed by atoms with Crippen molar-refractivity contribution in [2.24, 2.45) is 5.92 Å². The van der Waals surface area contributed by atoms with Crippen LogP contribution < -0.4 is 11.5 Å². The van der Waals surface area contributed by atoms with Gasteiger partial charge in [0, 0.05) is 30.4 Å². The summed E-state index contributed by atoms with van der Waals surface area (Å²) in [7, 11) is 0. The molecule has 8 nitrogen and oxygen atoms in total. The van der Waals surface area contributed by atoms with Gasteiger partial charge in [-0.3, -0.25) is 0 Å². The third-order valence-electron chi connectivity index (χ3n) is 6.02. The molecule has 0 radical (unpaired) electrons. The van der Waals surface area contributed by atoms with Gasteiger partial charge in [-0.25, -0.2) is 24.3 Å². The fourth-order valence-electron chi connectivity index (χ4n) is 3.98. The molecule has 0 bridgehead atoms. The monoisotopic (exact) mass is 424 g/mol. The molecule has 31 heavy (non-hydrogen) atoms. The SMILES string of the molecule is CC(CCc1nc(N)c2ccn(C(C)(C)C)c2n1)C(C)n1cc(F)c2c(N)ncnc21. The molecule has 0 saturated heterocycles. The van der Waals surface area contributed by atoms with Crippen LogP contribution in [0.25, 0.3) is 22.1 Å². The lowest BCUT2D eigenvalue weighted by atomic mass is 9.97. The molecule has 0 aliphatic heterocycles. The molecule has 4 heterocycles. The number of halogens is 1. The smallest absolute Gasteiger partial charge is 0.154 e. The molecular weight excluding hydrogens is 395 g/mol. The van der Waals surface area contributed by atoms with Crippen molar-refractivity contribution in [1.82, 2.24) is 29.1 Å². The summed E-state index contributed by atoms with van der Waals surface area (Å²) in [4.78, 5) is 17.5. The first kappa shape index (κ1) is 21.0. The Morgan fingerprint density at radius 1 is 1.06 bits per heavy atom. The highest BCUT2D eigenvalue weighted by atomic mass is 19.1. The Kier molecular flexibility index (Phi) is 5.07. The largest absolute Gasteiger partial charge is 0.383 e. The van der Waals surface area contributed by atoms with Crippen molar-refractivity contribution in [3.63, 3.8) is 0 Å². The van der Waals surface area contributed by atoms with Crippen molar-refractivity contribution in [2.75, 3.05) is 11.5 Å². The minimum atomic E-state index is -0.406. The Morgan fingerprint density at radius 3 is 2.52 bits per heavy atom. The van der Waals surface area contributed by atoms with E-state index in [1.807, 2.05) is 23.8 Å². The predicted molar refractivity (Wildman–Crippen MR) is 121 cm³/mol. The Hall–Kier alpha value is -3.23. The molecule has 0 amide bonds. The van der Waals surface area contributed by atoms with Crippen molar-refractivity contribution in [2.45, 2.75) is 59.0 Å². The van der Waals surface area contributed by atoms with Gasteiger partial charge in [0.2, 0.25) is 0 Å². The van der Waals surface area contributed by atoms with Gasteiger partial charge >= 0.3 is 0 Å². The zero-order valence-corrected chi connectivity index (χ0v) is 18.6. The number of anilines is 2. The molecule has 0 fully saturated rings. The van der Waals surface area contributed by atoms with E-state index in [1.54, 1.807) is 0 Å². The fourth-order valence-corrected chi connectivity index (χ4v) is 3.98. The van der Waals surface area contributed by atoms with Crippen LogP contribution in [-0.4, -0.2) is 29.1 Å². The van der Waals surface area contributed by atoms with Gasteiger partial charge in [-0.05, 0) is 46.1 Å². The van der Waals surface area contributed by atoms with E-state index in [4.69, 9.17) is 16.5 Å². The van der Waals surface area contributed by atoms with E-state index in [-0.39, 0.29) is 28.7 Å². The topological polar surface area (TPSA) is 113 Å². The van der Waals surface area contributed by atoms with Gasteiger partial charge in [-0.1, -0.05) is 6.92 Å².